The molecular weight excluding hydrogens is 293 g/mol. The molecule has 2 nitrogen and oxygen atoms in total. The lowest BCUT2D eigenvalue weighted by molar-refractivity contribution is -0.212. The van der Waals surface area contributed by atoms with Gasteiger partial charge in [-0.05, 0) is 11.1 Å². The van der Waals surface area contributed by atoms with Crippen LogP contribution in [0.25, 0.3) is 11.1 Å². The van der Waals surface area contributed by atoms with Crippen molar-refractivity contribution in [3.05, 3.63) is 60.2 Å². The third-order valence-electron chi connectivity index (χ3n) is 3.50. The number of hydrogen-bond acceptors (Lipinski definition) is 2. The van der Waals surface area contributed by atoms with Crippen LogP contribution in [0, 0.1) is 5.92 Å². The van der Waals surface area contributed by atoms with Gasteiger partial charge in [0.1, 0.15) is 0 Å². The molecule has 0 saturated carbocycles. The summed E-state index contributed by atoms with van der Waals surface area (Å²) < 4.78 is 37.4. The number of halogens is 3. The minimum absolute atomic E-state index is 0.149. The Morgan fingerprint density at radius 3 is 1.95 bits per heavy atom. The van der Waals surface area contributed by atoms with Crippen LogP contribution in [0.2, 0.25) is 0 Å². The summed E-state index contributed by atoms with van der Waals surface area (Å²) in [5.41, 5.74) is 1.96. The number of aliphatic hydroxyl groups is 1. The fourth-order valence-electron chi connectivity index (χ4n) is 2.15. The Bertz CT molecular complexity index is 633. The van der Waals surface area contributed by atoms with Gasteiger partial charge in [-0.25, -0.2) is 0 Å². The average molecular weight is 308 g/mol. The first-order chi connectivity index (χ1) is 10.3. The summed E-state index contributed by atoms with van der Waals surface area (Å²) in [6, 6.07) is 15.7. The van der Waals surface area contributed by atoms with Crippen molar-refractivity contribution in [2.75, 3.05) is 0 Å². The summed E-state index contributed by atoms with van der Waals surface area (Å²) in [5, 5.41) is 9.17. The molecule has 0 aromatic heterocycles. The zero-order valence-electron chi connectivity index (χ0n) is 11.8. The number of benzene rings is 2. The molecule has 0 spiro atoms. The second-order valence-corrected chi connectivity index (χ2v) is 5.08. The third kappa shape index (κ3) is 3.54. The van der Waals surface area contributed by atoms with Crippen LogP contribution < -0.4 is 0 Å². The van der Waals surface area contributed by atoms with Crippen molar-refractivity contribution in [3.8, 4) is 11.1 Å². The van der Waals surface area contributed by atoms with Crippen molar-refractivity contribution < 1.29 is 23.1 Å². The standard InChI is InChI=1S/C17H15F3O2/c1-11(16(22)17(18,19)20)15(21)14-9-7-13(8-10-14)12-5-3-2-4-6-12/h2-11,16,22H,1H3/t11-,16+/m1/s1. The van der Waals surface area contributed by atoms with Crippen LogP contribution in [0.5, 0.6) is 0 Å². The maximum Gasteiger partial charge on any atom is 0.415 e. The minimum atomic E-state index is -4.81. The third-order valence-corrected chi connectivity index (χ3v) is 3.50. The van der Waals surface area contributed by atoms with E-state index in [2.05, 4.69) is 0 Å². The topological polar surface area (TPSA) is 37.3 Å². The van der Waals surface area contributed by atoms with E-state index >= 15 is 0 Å². The van der Waals surface area contributed by atoms with Crippen molar-refractivity contribution in [2.24, 2.45) is 5.92 Å². The smallest absolute Gasteiger partial charge is 0.383 e. The van der Waals surface area contributed by atoms with Crippen LogP contribution >= 0.6 is 0 Å². The summed E-state index contributed by atoms with van der Waals surface area (Å²) in [6.45, 7) is 1.07. The Balaban J connectivity index is 2.18. The highest BCUT2D eigenvalue weighted by Gasteiger charge is 2.44. The molecule has 1 N–H and O–H groups in total. The van der Waals surface area contributed by atoms with Gasteiger partial charge in [0, 0.05) is 5.56 Å². The molecule has 2 atom stereocenters. The predicted octanol–water partition coefficient (Wildman–Crippen LogP) is 4.10. The summed E-state index contributed by atoms with van der Waals surface area (Å²) in [5.74, 6) is -2.27. The van der Waals surface area contributed by atoms with Gasteiger partial charge in [-0.1, -0.05) is 61.5 Å². The van der Waals surface area contributed by atoms with E-state index in [0.29, 0.717) is 0 Å². The number of carbonyl (C=O) groups excluding carboxylic acids is 1. The molecule has 0 bridgehead atoms. The van der Waals surface area contributed by atoms with Crippen molar-refractivity contribution in [2.45, 2.75) is 19.2 Å². The summed E-state index contributed by atoms with van der Waals surface area (Å²) >= 11 is 0. The first kappa shape index (κ1) is 16.2. The molecule has 0 unspecified atom stereocenters. The van der Waals surface area contributed by atoms with Gasteiger partial charge in [0.2, 0.25) is 0 Å². The highest BCUT2D eigenvalue weighted by molar-refractivity contribution is 5.98. The Labute approximate surface area is 126 Å². The number of alkyl halides is 3. The lowest BCUT2D eigenvalue weighted by Crippen LogP contribution is -2.38. The zero-order chi connectivity index (χ0) is 16.3. The fraction of sp³-hybridized carbons (Fsp3) is 0.235. The Morgan fingerprint density at radius 2 is 1.45 bits per heavy atom. The Kier molecular flexibility index (Phi) is 4.66. The van der Waals surface area contributed by atoms with Crippen LogP contribution in [0.1, 0.15) is 17.3 Å². The van der Waals surface area contributed by atoms with E-state index < -0.39 is 24.0 Å². The summed E-state index contributed by atoms with van der Waals surface area (Å²) in [4.78, 5) is 12.0. The molecule has 2 rings (SSSR count). The van der Waals surface area contributed by atoms with Crippen molar-refractivity contribution in [1.82, 2.24) is 0 Å². The molecule has 0 fully saturated rings. The van der Waals surface area contributed by atoms with Gasteiger partial charge >= 0.3 is 6.18 Å². The second-order valence-electron chi connectivity index (χ2n) is 5.08. The van der Waals surface area contributed by atoms with Crippen molar-refractivity contribution in [1.29, 1.82) is 0 Å². The largest absolute Gasteiger partial charge is 0.415 e. The van der Waals surface area contributed by atoms with E-state index in [1.165, 1.54) is 12.1 Å². The molecule has 0 heterocycles. The fourth-order valence-corrected chi connectivity index (χ4v) is 2.15. The molecule has 0 aliphatic carbocycles. The lowest BCUT2D eigenvalue weighted by Gasteiger charge is -2.20. The van der Waals surface area contributed by atoms with Gasteiger partial charge in [-0.15, -0.1) is 0 Å². The highest BCUT2D eigenvalue weighted by Crippen LogP contribution is 2.28. The van der Waals surface area contributed by atoms with Gasteiger partial charge in [0.15, 0.2) is 11.9 Å². The Hall–Kier alpha value is -2.14. The first-order valence-electron chi connectivity index (χ1n) is 6.75. The maximum atomic E-state index is 12.5. The number of ketones is 1. The quantitative estimate of drug-likeness (QED) is 0.864. The SMILES string of the molecule is C[C@H](C(=O)c1ccc(-c2ccccc2)cc1)[C@H](O)C(F)(F)F. The molecule has 2 aromatic rings. The van der Waals surface area contributed by atoms with E-state index in [1.54, 1.807) is 12.1 Å². The highest BCUT2D eigenvalue weighted by atomic mass is 19.4. The molecule has 116 valence electrons. The van der Waals surface area contributed by atoms with E-state index in [9.17, 15) is 23.1 Å². The normalized spacial score (nSPS) is 14.4. The van der Waals surface area contributed by atoms with Crippen molar-refractivity contribution >= 4 is 5.78 Å². The second kappa shape index (κ2) is 6.32. The zero-order valence-corrected chi connectivity index (χ0v) is 11.8. The minimum Gasteiger partial charge on any atom is -0.383 e. The van der Waals surface area contributed by atoms with E-state index in [0.717, 1.165) is 18.1 Å². The number of Topliss-reactive ketones (excluding diaryl/α,β-unsaturated/α-hetero) is 1. The van der Waals surface area contributed by atoms with Gasteiger partial charge in [-0.2, -0.15) is 13.2 Å². The average Bonchev–Trinajstić information content (AvgIpc) is 2.53. The van der Waals surface area contributed by atoms with E-state index in [-0.39, 0.29) is 5.56 Å². The van der Waals surface area contributed by atoms with Crippen LogP contribution in [-0.2, 0) is 0 Å². The molecule has 2 aromatic carbocycles. The van der Waals surface area contributed by atoms with E-state index in [4.69, 9.17) is 0 Å². The number of aliphatic hydroxyl groups excluding tert-OH is 1. The number of carbonyl (C=O) groups is 1. The van der Waals surface area contributed by atoms with Gasteiger partial charge in [0.05, 0.1) is 5.92 Å². The molecule has 0 saturated heterocycles. The van der Waals surface area contributed by atoms with Crippen LogP contribution in [0.3, 0.4) is 0 Å². The lowest BCUT2D eigenvalue weighted by atomic mass is 9.93. The number of hydrogen-bond donors (Lipinski definition) is 1. The molecule has 0 aliphatic rings. The summed E-state index contributed by atoms with van der Waals surface area (Å²) in [6.07, 6.45) is -7.47. The van der Waals surface area contributed by atoms with Gasteiger partial charge < -0.3 is 5.11 Å². The number of rotatable bonds is 4. The molecular formula is C17H15F3O2. The molecule has 22 heavy (non-hydrogen) atoms. The molecule has 0 aliphatic heterocycles. The van der Waals surface area contributed by atoms with Crippen LogP contribution in [0.4, 0.5) is 13.2 Å². The van der Waals surface area contributed by atoms with Crippen LogP contribution in [-0.4, -0.2) is 23.2 Å². The van der Waals surface area contributed by atoms with Gasteiger partial charge in [-0.3, -0.25) is 4.79 Å². The van der Waals surface area contributed by atoms with Crippen molar-refractivity contribution in [3.63, 3.8) is 0 Å². The molecule has 5 heteroatoms. The first-order valence-corrected chi connectivity index (χ1v) is 6.75. The van der Waals surface area contributed by atoms with E-state index in [1.807, 2.05) is 30.3 Å². The predicted molar refractivity (Wildman–Crippen MR) is 77.4 cm³/mol. The molecule has 0 radical (unpaired) electrons. The van der Waals surface area contributed by atoms with Crippen LogP contribution in [0.15, 0.2) is 54.6 Å². The summed E-state index contributed by atoms with van der Waals surface area (Å²) in [7, 11) is 0. The monoisotopic (exact) mass is 308 g/mol. The van der Waals surface area contributed by atoms with Gasteiger partial charge in [0.25, 0.3) is 0 Å². The molecule has 0 amide bonds. The maximum absolute atomic E-state index is 12.5. The Morgan fingerprint density at radius 1 is 0.955 bits per heavy atom.